The number of nitrogens with two attached hydrogens (primary N) is 1. The van der Waals surface area contributed by atoms with Gasteiger partial charge in [0.05, 0.1) is 16.3 Å². The molecule has 2 aromatic heterocycles. The molecule has 0 aliphatic carbocycles. The monoisotopic (exact) mass is 517 g/mol. The van der Waals surface area contributed by atoms with Crippen LogP contribution in [0, 0.1) is 17.7 Å². The van der Waals surface area contributed by atoms with Crippen molar-refractivity contribution in [3.05, 3.63) is 107 Å². The second kappa shape index (κ2) is 11.1. The summed E-state index contributed by atoms with van der Waals surface area (Å²) in [6.07, 6.45) is 3.85. The van der Waals surface area contributed by atoms with Crippen LogP contribution < -0.4 is 11.1 Å². The number of nitrogens with zero attached hydrogens (tertiary/aromatic N) is 3. The smallest absolute Gasteiger partial charge is 0.251 e. The molecule has 10 heteroatoms. The van der Waals surface area contributed by atoms with Gasteiger partial charge in [-0.2, -0.15) is 5.10 Å². The number of halogens is 1. The third-order valence-electron chi connectivity index (χ3n) is 5.42. The number of anilines is 1. The SMILES string of the molecule is Cn1ccc(CS(=O)(=O)c2ccc(C(=O)NCCc3ccc(N)nc3)cc2C#Cc2ccc(F)cc2)n1. The molecule has 2 heterocycles. The van der Waals surface area contributed by atoms with Crippen molar-refractivity contribution in [1.82, 2.24) is 20.1 Å². The predicted octanol–water partition coefficient (Wildman–Crippen LogP) is 2.88. The van der Waals surface area contributed by atoms with Crippen molar-refractivity contribution in [2.75, 3.05) is 12.3 Å². The van der Waals surface area contributed by atoms with Gasteiger partial charge in [0.1, 0.15) is 11.6 Å². The predicted molar refractivity (Wildman–Crippen MR) is 138 cm³/mol. The number of nitrogens with one attached hydrogen (secondary N) is 1. The van der Waals surface area contributed by atoms with E-state index in [-0.39, 0.29) is 27.7 Å². The molecule has 3 N–H and O–H groups in total. The lowest BCUT2D eigenvalue weighted by atomic mass is 10.1. The van der Waals surface area contributed by atoms with Crippen molar-refractivity contribution in [1.29, 1.82) is 0 Å². The second-order valence-corrected chi connectivity index (χ2v) is 10.3. The minimum absolute atomic E-state index is 0.0164. The van der Waals surface area contributed by atoms with Crippen molar-refractivity contribution < 1.29 is 17.6 Å². The lowest BCUT2D eigenvalue weighted by molar-refractivity contribution is 0.0954. The molecule has 37 heavy (non-hydrogen) atoms. The highest BCUT2D eigenvalue weighted by atomic mass is 32.2. The molecule has 0 saturated heterocycles. The van der Waals surface area contributed by atoms with Crippen molar-refractivity contribution >= 4 is 21.6 Å². The summed E-state index contributed by atoms with van der Waals surface area (Å²) in [5.74, 6) is 5.02. The molecule has 0 aliphatic heterocycles. The van der Waals surface area contributed by atoms with Crippen LogP contribution in [0.4, 0.5) is 10.2 Å². The van der Waals surface area contributed by atoms with E-state index in [2.05, 4.69) is 27.2 Å². The van der Waals surface area contributed by atoms with Crippen LogP contribution in [0.2, 0.25) is 0 Å². The molecule has 8 nitrogen and oxygen atoms in total. The number of hydrogen-bond acceptors (Lipinski definition) is 6. The molecular weight excluding hydrogens is 493 g/mol. The van der Waals surface area contributed by atoms with E-state index in [9.17, 15) is 17.6 Å². The normalized spacial score (nSPS) is 11.0. The summed E-state index contributed by atoms with van der Waals surface area (Å²) in [5.41, 5.74) is 7.82. The van der Waals surface area contributed by atoms with Crippen LogP contribution in [0.25, 0.3) is 0 Å². The van der Waals surface area contributed by atoms with Crippen LogP contribution in [-0.4, -0.2) is 35.6 Å². The zero-order valence-electron chi connectivity index (χ0n) is 20.0. The van der Waals surface area contributed by atoms with E-state index >= 15 is 0 Å². The lowest BCUT2D eigenvalue weighted by Crippen LogP contribution is -2.26. The van der Waals surface area contributed by atoms with Crippen LogP contribution in [0.5, 0.6) is 0 Å². The Labute approximate surface area is 214 Å². The Kier molecular flexibility index (Phi) is 7.65. The Morgan fingerprint density at radius 1 is 1.08 bits per heavy atom. The molecule has 0 unspecified atom stereocenters. The highest BCUT2D eigenvalue weighted by molar-refractivity contribution is 7.90. The first kappa shape index (κ1) is 25.6. The summed E-state index contributed by atoms with van der Waals surface area (Å²) >= 11 is 0. The summed E-state index contributed by atoms with van der Waals surface area (Å²) < 4.78 is 41.3. The largest absolute Gasteiger partial charge is 0.384 e. The molecule has 4 rings (SSSR count). The lowest BCUT2D eigenvalue weighted by Gasteiger charge is -2.10. The maximum absolute atomic E-state index is 13.3. The molecular formula is C27H24FN5O3S. The van der Waals surface area contributed by atoms with Gasteiger partial charge in [0.25, 0.3) is 5.91 Å². The second-order valence-electron chi connectivity index (χ2n) is 8.30. The van der Waals surface area contributed by atoms with Crippen molar-refractivity contribution in [3.63, 3.8) is 0 Å². The van der Waals surface area contributed by atoms with Gasteiger partial charge in [-0.25, -0.2) is 17.8 Å². The molecule has 0 fully saturated rings. The zero-order chi connectivity index (χ0) is 26.4. The Balaban J connectivity index is 1.60. The van der Waals surface area contributed by atoms with Gasteiger partial charge in [-0.3, -0.25) is 9.48 Å². The number of rotatable bonds is 7. The fourth-order valence-electron chi connectivity index (χ4n) is 3.53. The number of aryl methyl sites for hydroxylation is 1. The van der Waals surface area contributed by atoms with Gasteiger partial charge in [-0.05, 0) is 66.6 Å². The first-order valence-electron chi connectivity index (χ1n) is 11.3. The first-order valence-corrected chi connectivity index (χ1v) is 13.0. The number of benzene rings is 2. The van der Waals surface area contributed by atoms with Crippen LogP contribution >= 0.6 is 0 Å². The van der Waals surface area contributed by atoms with Crippen LogP contribution in [-0.2, 0) is 29.1 Å². The molecule has 188 valence electrons. The van der Waals surface area contributed by atoms with E-state index in [1.54, 1.807) is 31.6 Å². The summed E-state index contributed by atoms with van der Waals surface area (Å²) in [6, 6.07) is 14.9. The molecule has 4 aromatic rings. The van der Waals surface area contributed by atoms with Crippen molar-refractivity contribution in [2.45, 2.75) is 17.1 Å². The van der Waals surface area contributed by atoms with E-state index in [0.717, 1.165) is 5.56 Å². The maximum Gasteiger partial charge on any atom is 0.251 e. The van der Waals surface area contributed by atoms with Gasteiger partial charge in [-0.15, -0.1) is 0 Å². The van der Waals surface area contributed by atoms with Crippen LogP contribution in [0.1, 0.15) is 32.7 Å². The number of pyridine rings is 1. The zero-order valence-corrected chi connectivity index (χ0v) is 20.8. The van der Waals surface area contributed by atoms with E-state index < -0.39 is 15.7 Å². The number of nitrogen functional groups attached to an aromatic ring is 1. The topological polar surface area (TPSA) is 120 Å². The Hall–Kier alpha value is -4.49. The molecule has 2 aromatic carbocycles. The highest BCUT2D eigenvalue weighted by Gasteiger charge is 2.21. The average Bonchev–Trinajstić information content (AvgIpc) is 3.28. The standard InChI is InChI=1S/C27H24FN5O3S/c1-33-15-13-24(32-33)18-37(35,36)25-10-7-22(16-21(25)6-2-19-3-8-23(28)9-4-19)27(34)30-14-12-20-5-11-26(29)31-17-20/h3-5,7-11,13,15-17H,12,14,18H2,1H3,(H2,29,31)(H,30,34). The minimum atomic E-state index is -3.83. The molecule has 0 atom stereocenters. The maximum atomic E-state index is 13.3. The molecule has 0 aliphatic rings. The molecule has 0 bridgehead atoms. The number of carbonyl (C=O) groups is 1. The number of hydrogen-bond donors (Lipinski definition) is 2. The van der Waals surface area contributed by atoms with Gasteiger partial charge in [0.15, 0.2) is 9.84 Å². The number of amides is 1. The summed E-state index contributed by atoms with van der Waals surface area (Å²) in [6.45, 7) is 0.348. The fraction of sp³-hybridized carbons (Fsp3) is 0.148. The van der Waals surface area contributed by atoms with Crippen molar-refractivity contribution in [3.8, 4) is 11.8 Å². The molecule has 0 spiro atoms. The number of sulfone groups is 1. The first-order chi connectivity index (χ1) is 17.7. The summed E-state index contributed by atoms with van der Waals surface area (Å²) in [5, 5.41) is 6.97. The van der Waals surface area contributed by atoms with Gasteiger partial charge >= 0.3 is 0 Å². The number of aromatic nitrogens is 3. The van der Waals surface area contributed by atoms with E-state index in [1.165, 1.54) is 47.1 Å². The van der Waals surface area contributed by atoms with E-state index in [1.807, 2.05) is 6.07 Å². The quantitative estimate of drug-likeness (QED) is 0.364. The Morgan fingerprint density at radius 2 is 1.86 bits per heavy atom. The third-order valence-corrected chi connectivity index (χ3v) is 7.12. The van der Waals surface area contributed by atoms with Crippen LogP contribution in [0.15, 0.2) is 78.0 Å². The average molecular weight is 518 g/mol. The van der Waals surface area contributed by atoms with Gasteiger partial charge in [0.2, 0.25) is 0 Å². The third kappa shape index (κ3) is 6.80. The van der Waals surface area contributed by atoms with Crippen LogP contribution in [0.3, 0.4) is 0 Å². The summed E-state index contributed by atoms with van der Waals surface area (Å²) in [4.78, 5) is 16.8. The Bertz CT molecular complexity index is 1590. The molecule has 1 amide bonds. The van der Waals surface area contributed by atoms with Gasteiger partial charge < -0.3 is 11.1 Å². The number of carbonyl (C=O) groups excluding carboxylic acids is 1. The van der Waals surface area contributed by atoms with Crippen molar-refractivity contribution in [2.24, 2.45) is 7.05 Å². The summed E-state index contributed by atoms with van der Waals surface area (Å²) in [7, 11) is -2.13. The molecule has 0 saturated carbocycles. The fourth-order valence-corrected chi connectivity index (χ4v) is 4.95. The van der Waals surface area contributed by atoms with E-state index in [4.69, 9.17) is 5.73 Å². The van der Waals surface area contributed by atoms with E-state index in [0.29, 0.717) is 30.0 Å². The van der Waals surface area contributed by atoms with Gasteiger partial charge in [0, 0.05) is 42.7 Å². The van der Waals surface area contributed by atoms with Gasteiger partial charge in [-0.1, -0.05) is 17.9 Å². The molecule has 0 radical (unpaired) electrons. The Morgan fingerprint density at radius 3 is 2.54 bits per heavy atom. The minimum Gasteiger partial charge on any atom is -0.384 e. The highest BCUT2D eigenvalue weighted by Crippen LogP contribution is 2.22.